The van der Waals surface area contributed by atoms with Crippen molar-refractivity contribution in [1.82, 2.24) is 15.4 Å². The second-order valence-electron chi connectivity index (χ2n) is 6.39. The number of rotatable bonds is 4. The van der Waals surface area contributed by atoms with Gasteiger partial charge in [0.1, 0.15) is 11.3 Å². The third-order valence-electron chi connectivity index (χ3n) is 4.73. The molecule has 2 amide bonds. The molecule has 3 rings (SSSR count). The molecule has 0 spiro atoms. The fourth-order valence-corrected chi connectivity index (χ4v) is 3.27. The van der Waals surface area contributed by atoms with E-state index in [1.807, 2.05) is 4.90 Å². The first kappa shape index (κ1) is 15.8. The van der Waals surface area contributed by atoms with Crippen molar-refractivity contribution in [3.05, 3.63) is 29.7 Å². The van der Waals surface area contributed by atoms with Gasteiger partial charge in [0.15, 0.2) is 0 Å². The molecule has 0 aromatic carbocycles. The highest BCUT2D eigenvalue weighted by Gasteiger charge is 2.26. The summed E-state index contributed by atoms with van der Waals surface area (Å²) in [7, 11) is 0. The number of likely N-dealkylation sites (tertiary alicyclic amines) is 1. The van der Waals surface area contributed by atoms with Crippen LogP contribution in [0.1, 0.15) is 48.2 Å². The molecular formula is C17H23N3O3. The summed E-state index contributed by atoms with van der Waals surface area (Å²) in [5.74, 6) is 1.03. The lowest BCUT2D eigenvalue weighted by molar-refractivity contribution is -0.132. The van der Waals surface area contributed by atoms with E-state index >= 15 is 0 Å². The summed E-state index contributed by atoms with van der Waals surface area (Å²) in [4.78, 5) is 26.4. The summed E-state index contributed by atoms with van der Waals surface area (Å²) in [6, 6.07) is 0.104. The molecule has 1 unspecified atom stereocenters. The van der Waals surface area contributed by atoms with Crippen LogP contribution in [0, 0.1) is 12.8 Å². The molecule has 1 aromatic heterocycles. The van der Waals surface area contributed by atoms with Crippen LogP contribution in [-0.4, -0.2) is 41.0 Å². The lowest BCUT2D eigenvalue weighted by atomic mass is 10.0. The van der Waals surface area contributed by atoms with Gasteiger partial charge in [-0.2, -0.15) is 0 Å². The van der Waals surface area contributed by atoms with Gasteiger partial charge in [0.2, 0.25) is 5.91 Å². The zero-order valence-electron chi connectivity index (χ0n) is 13.5. The number of hydrogen-bond donors (Lipinski definition) is 1. The van der Waals surface area contributed by atoms with Crippen LogP contribution in [0.4, 0.5) is 0 Å². The molecule has 1 saturated heterocycles. The van der Waals surface area contributed by atoms with Crippen LogP contribution in [0.25, 0.3) is 0 Å². The van der Waals surface area contributed by atoms with E-state index < -0.39 is 0 Å². The zero-order chi connectivity index (χ0) is 16.2. The Kier molecular flexibility index (Phi) is 4.79. The predicted octanol–water partition coefficient (Wildman–Crippen LogP) is 2.06. The molecule has 1 atom stereocenters. The van der Waals surface area contributed by atoms with E-state index in [9.17, 15) is 9.59 Å². The van der Waals surface area contributed by atoms with Gasteiger partial charge in [0.25, 0.3) is 5.91 Å². The Balaban J connectivity index is 1.45. The number of aryl methyl sites for hydroxylation is 1. The quantitative estimate of drug-likeness (QED) is 0.863. The summed E-state index contributed by atoms with van der Waals surface area (Å²) in [6.45, 7) is 3.15. The molecule has 0 saturated carbocycles. The highest BCUT2D eigenvalue weighted by atomic mass is 16.5. The third-order valence-corrected chi connectivity index (χ3v) is 4.73. The van der Waals surface area contributed by atoms with Crippen molar-refractivity contribution in [3.63, 3.8) is 0 Å². The molecule has 2 heterocycles. The number of hydrogen-bond acceptors (Lipinski definition) is 4. The molecule has 1 N–H and O–H groups in total. The maximum atomic E-state index is 12.3. The standard InChI is InChI=1S/C17H23N3O3/c1-12-15(11-18-23-12)17(22)19-14-6-8-20(9-7-14)16(21)10-13-4-2-3-5-13/h2,4,11,13-14H,3,5-10H2,1H3,(H,19,22). The van der Waals surface area contributed by atoms with Gasteiger partial charge >= 0.3 is 0 Å². The van der Waals surface area contributed by atoms with Crippen LogP contribution < -0.4 is 5.32 Å². The number of carbonyl (C=O) groups excluding carboxylic acids is 2. The van der Waals surface area contributed by atoms with E-state index in [4.69, 9.17) is 4.52 Å². The van der Waals surface area contributed by atoms with Crippen molar-refractivity contribution >= 4 is 11.8 Å². The van der Waals surface area contributed by atoms with Gasteiger partial charge in [-0.25, -0.2) is 0 Å². The first-order valence-corrected chi connectivity index (χ1v) is 8.30. The number of allylic oxidation sites excluding steroid dienone is 2. The maximum absolute atomic E-state index is 12.3. The van der Waals surface area contributed by atoms with Gasteiger partial charge < -0.3 is 14.7 Å². The van der Waals surface area contributed by atoms with Crippen LogP contribution in [-0.2, 0) is 4.79 Å². The normalized spacial score (nSPS) is 21.6. The van der Waals surface area contributed by atoms with Crippen molar-refractivity contribution in [1.29, 1.82) is 0 Å². The molecule has 124 valence electrons. The zero-order valence-corrected chi connectivity index (χ0v) is 13.5. The van der Waals surface area contributed by atoms with E-state index in [-0.39, 0.29) is 17.9 Å². The van der Waals surface area contributed by atoms with Crippen molar-refractivity contribution in [2.45, 2.75) is 45.1 Å². The summed E-state index contributed by atoms with van der Waals surface area (Å²) in [6.07, 6.45) is 10.2. The number of carbonyl (C=O) groups is 2. The van der Waals surface area contributed by atoms with Gasteiger partial charge in [-0.1, -0.05) is 17.3 Å². The Labute approximate surface area is 135 Å². The minimum absolute atomic E-state index is 0.104. The Bertz CT molecular complexity index is 600. The smallest absolute Gasteiger partial charge is 0.256 e. The molecule has 1 aliphatic carbocycles. The number of nitrogens with one attached hydrogen (secondary N) is 1. The van der Waals surface area contributed by atoms with Crippen molar-refractivity contribution in [2.75, 3.05) is 13.1 Å². The summed E-state index contributed by atoms with van der Waals surface area (Å²) in [5.41, 5.74) is 0.483. The van der Waals surface area contributed by atoms with Gasteiger partial charge in [-0.3, -0.25) is 9.59 Å². The first-order chi connectivity index (χ1) is 11.1. The fourth-order valence-electron chi connectivity index (χ4n) is 3.27. The van der Waals surface area contributed by atoms with E-state index in [0.29, 0.717) is 36.8 Å². The van der Waals surface area contributed by atoms with Gasteiger partial charge in [-0.05, 0) is 38.5 Å². The first-order valence-electron chi connectivity index (χ1n) is 8.30. The largest absolute Gasteiger partial charge is 0.361 e. The van der Waals surface area contributed by atoms with Crippen molar-refractivity contribution < 1.29 is 14.1 Å². The molecule has 1 aromatic rings. The molecule has 2 aliphatic rings. The van der Waals surface area contributed by atoms with Crippen LogP contribution in [0.5, 0.6) is 0 Å². The molecule has 0 bridgehead atoms. The maximum Gasteiger partial charge on any atom is 0.256 e. The van der Waals surface area contributed by atoms with Crippen LogP contribution in [0.15, 0.2) is 22.9 Å². The molecule has 6 heteroatoms. The average Bonchev–Trinajstić information content (AvgIpc) is 3.19. The number of piperidine rings is 1. The topological polar surface area (TPSA) is 75.4 Å². The van der Waals surface area contributed by atoms with Gasteiger partial charge in [0.05, 0.1) is 6.20 Å². The minimum Gasteiger partial charge on any atom is -0.361 e. The highest BCUT2D eigenvalue weighted by molar-refractivity contribution is 5.94. The Hall–Kier alpha value is -2.11. The van der Waals surface area contributed by atoms with E-state index in [0.717, 1.165) is 25.7 Å². The van der Waals surface area contributed by atoms with Gasteiger partial charge in [-0.15, -0.1) is 0 Å². The number of aromatic nitrogens is 1. The highest BCUT2D eigenvalue weighted by Crippen LogP contribution is 2.22. The molecule has 0 radical (unpaired) electrons. The van der Waals surface area contributed by atoms with Crippen LogP contribution >= 0.6 is 0 Å². The summed E-state index contributed by atoms with van der Waals surface area (Å²) in [5, 5.41) is 6.63. The van der Waals surface area contributed by atoms with Crippen molar-refractivity contribution in [3.8, 4) is 0 Å². The van der Waals surface area contributed by atoms with Crippen LogP contribution in [0.3, 0.4) is 0 Å². The van der Waals surface area contributed by atoms with E-state index in [1.54, 1.807) is 6.92 Å². The number of amides is 2. The van der Waals surface area contributed by atoms with Crippen LogP contribution in [0.2, 0.25) is 0 Å². The van der Waals surface area contributed by atoms with Gasteiger partial charge in [0, 0.05) is 25.6 Å². The Morgan fingerprint density at radius 1 is 1.35 bits per heavy atom. The minimum atomic E-state index is -0.149. The molecule has 6 nitrogen and oxygen atoms in total. The molecule has 1 aliphatic heterocycles. The van der Waals surface area contributed by atoms with E-state index in [1.165, 1.54) is 6.20 Å². The fraction of sp³-hybridized carbons (Fsp3) is 0.588. The second-order valence-corrected chi connectivity index (χ2v) is 6.39. The summed E-state index contributed by atoms with van der Waals surface area (Å²) >= 11 is 0. The lowest BCUT2D eigenvalue weighted by Gasteiger charge is -2.33. The second kappa shape index (κ2) is 6.98. The van der Waals surface area contributed by atoms with Crippen molar-refractivity contribution in [2.24, 2.45) is 5.92 Å². The average molecular weight is 317 g/mol. The third kappa shape index (κ3) is 3.81. The number of nitrogens with zero attached hydrogens (tertiary/aromatic N) is 2. The SMILES string of the molecule is Cc1oncc1C(=O)NC1CCN(C(=O)CC2C=CCC2)CC1. The molecule has 1 fully saturated rings. The predicted molar refractivity (Wildman–Crippen MR) is 84.8 cm³/mol. The van der Waals surface area contributed by atoms with E-state index in [2.05, 4.69) is 22.6 Å². The Morgan fingerprint density at radius 2 is 2.13 bits per heavy atom. The lowest BCUT2D eigenvalue weighted by Crippen LogP contribution is -2.46. The Morgan fingerprint density at radius 3 is 2.74 bits per heavy atom. The summed E-state index contributed by atoms with van der Waals surface area (Å²) < 4.78 is 4.92. The molecular weight excluding hydrogens is 294 g/mol. The molecule has 23 heavy (non-hydrogen) atoms. The monoisotopic (exact) mass is 317 g/mol.